The number of ether oxygens (including phenoxy) is 2. The maximum absolute atomic E-state index is 13.0. The first-order chi connectivity index (χ1) is 8.74. The molecule has 0 radical (unpaired) electrons. The smallest absolute Gasteiger partial charge is 0.126 e. The van der Waals surface area contributed by atoms with Gasteiger partial charge in [0.05, 0.1) is 19.8 Å². The monoisotopic (exact) mass is 255 g/mol. The molecular weight excluding hydrogens is 233 g/mol. The van der Waals surface area contributed by atoms with Crippen LogP contribution in [0.15, 0.2) is 18.2 Å². The molecule has 0 saturated carbocycles. The maximum Gasteiger partial charge on any atom is 0.126 e. The fourth-order valence-electron chi connectivity index (χ4n) is 1.60. The molecule has 4 heteroatoms. The predicted molar refractivity (Wildman–Crippen MR) is 70.4 cm³/mol. The van der Waals surface area contributed by atoms with Gasteiger partial charge in [-0.1, -0.05) is 12.1 Å². The maximum atomic E-state index is 13.0. The second kappa shape index (κ2) is 9.03. The van der Waals surface area contributed by atoms with Gasteiger partial charge in [-0.25, -0.2) is 4.39 Å². The number of benzene rings is 1. The molecule has 0 heterocycles. The Morgan fingerprint density at radius 2 is 1.94 bits per heavy atom. The topological polar surface area (TPSA) is 30.5 Å². The van der Waals surface area contributed by atoms with Gasteiger partial charge < -0.3 is 14.8 Å². The van der Waals surface area contributed by atoms with E-state index >= 15 is 0 Å². The molecule has 0 spiro atoms. The summed E-state index contributed by atoms with van der Waals surface area (Å²) in [6, 6.07) is 5.19. The van der Waals surface area contributed by atoms with E-state index in [2.05, 4.69) is 5.32 Å². The Balaban J connectivity index is 2.05. The summed E-state index contributed by atoms with van der Waals surface area (Å²) in [4.78, 5) is 0. The minimum atomic E-state index is -0.151. The van der Waals surface area contributed by atoms with Crippen LogP contribution in [0.2, 0.25) is 0 Å². The van der Waals surface area contributed by atoms with Crippen molar-refractivity contribution in [1.82, 2.24) is 5.32 Å². The molecule has 1 aromatic rings. The first kappa shape index (κ1) is 15.1. The molecule has 0 saturated heterocycles. The van der Waals surface area contributed by atoms with Crippen LogP contribution in [0.5, 0.6) is 0 Å². The number of methoxy groups -OCH3 is 1. The third-order valence-electron chi connectivity index (χ3n) is 2.66. The van der Waals surface area contributed by atoms with Gasteiger partial charge in [0.15, 0.2) is 0 Å². The molecule has 1 N–H and O–H groups in total. The van der Waals surface area contributed by atoms with E-state index < -0.39 is 0 Å². The molecule has 3 nitrogen and oxygen atoms in total. The Kier molecular flexibility index (Phi) is 7.57. The van der Waals surface area contributed by atoms with Crippen molar-refractivity contribution in [1.29, 1.82) is 0 Å². The molecule has 0 aliphatic rings. The summed E-state index contributed by atoms with van der Waals surface area (Å²) in [6.45, 7) is 5.51. The molecule has 0 amide bonds. The number of hydrogen-bond donors (Lipinski definition) is 1. The minimum Gasteiger partial charge on any atom is -0.383 e. The quantitative estimate of drug-likeness (QED) is 0.684. The van der Waals surface area contributed by atoms with E-state index in [1.165, 1.54) is 6.07 Å². The fourth-order valence-corrected chi connectivity index (χ4v) is 1.60. The van der Waals surface area contributed by atoms with Crippen LogP contribution in [0.3, 0.4) is 0 Å². The van der Waals surface area contributed by atoms with Crippen LogP contribution in [0.1, 0.15) is 11.1 Å². The number of aryl methyl sites for hydroxylation is 1. The van der Waals surface area contributed by atoms with E-state index in [0.29, 0.717) is 18.8 Å². The highest BCUT2D eigenvalue weighted by atomic mass is 19.1. The highest BCUT2D eigenvalue weighted by molar-refractivity contribution is 5.23. The average Bonchev–Trinajstić information content (AvgIpc) is 2.37. The summed E-state index contributed by atoms with van der Waals surface area (Å²) >= 11 is 0. The minimum absolute atomic E-state index is 0.151. The molecule has 1 aromatic carbocycles. The van der Waals surface area contributed by atoms with Gasteiger partial charge in [0, 0.05) is 20.2 Å². The van der Waals surface area contributed by atoms with Crippen LogP contribution in [-0.2, 0) is 15.9 Å². The molecule has 18 heavy (non-hydrogen) atoms. The molecule has 0 bridgehead atoms. The first-order valence-electron chi connectivity index (χ1n) is 6.26. The Morgan fingerprint density at radius 1 is 1.17 bits per heavy atom. The third-order valence-corrected chi connectivity index (χ3v) is 2.66. The summed E-state index contributed by atoms with van der Waals surface area (Å²) in [6.07, 6.45) is 0.819. The van der Waals surface area contributed by atoms with Crippen molar-refractivity contribution in [2.45, 2.75) is 13.3 Å². The normalized spacial score (nSPS) is 10.8. The van der Waals surface area contributed by atoms with Gasteiger partial charge in [0.2, 0.25) is 0 Å². The highest BCUT2D eigenvalue weighted by Crippen LogP contribution is 2.09. The molecule has 0 unspecified atom stereocenters. The van der Waals surface area contributed by atoms with Crippen LogP contribution in [0.25, 0.3) is 0 Å². The molecule has 0 aromatic heterocycles. The second-order valence-corrected chi connectivity index (χ2v) is 4.19. The number of rotatable bonds is 9. The van der Waals surface area contributed by atoms with E-state index in [9.17, 15) is 4.39 Å². The lowest BCUT2D eigenvalue weighted by atomic mass is 10.1. The van der Waals surface area contributed by atoms with Crippen LogP contribution < -0.4 is 5.32 Å². The van der Waals surface area contributed by atoms with Crippen molar-refractivity contribution < 1.29 is 13.9 Å². The van der Waals surface area contributed by atoms with Gasteiger partial charge in [0.1, 0.15) is 5.82 Å². The lowest BCUT2D eigenvalue weighted by Gasteiger charge is -2.06. The summed E-state index contributed by atoms with van der Waals surface area (Å²) < 4.78 is 23.4. The van der Waals surface area contributed by atoms with Gasteiger partial charge in [-0.3, -0.25) is 0 Å². The largest absolute Gasteiger partial charge is 0.383 e. The summed E-state index contributed by atoms with van der Waals surface area (Å²) in [5.74, 6) is -0.151. The lowest BCUT2D eigenvalue weighted by Crippen LogP contribution is -2.23. The standard InChI is InChI=1S/C14H22FNO2/c1-12-11-13(3-4-14(12)15)5-8-18-10-7-16-6-9-17-2/h3-4,11,16H,5-10H2,1-2H3. The zero-order valence-corrected chi connectivity index (χ0v) is 11.2. The summed E-state index contributed by atoms with van der Waals surface area (Å²) in [5, 5.41) is 3.20. The van der Waals surface area contributed by atoms with Gasteiger partial charge >= 0.3 is 0 Å². The van der Waals surface area contributed by atoms with Crippen LogP contribution in [0, 0.1) is 12.7 Å². The molecule has 0 atom stereocenters. The Hall–Kier alpha value is -0.970. The number of nitrogens with one attached hydrogen (secondary N) is 1. The molecule has 1 rings (SSSR count). The van der Waals surface area contributed by atoms with Crippen molar-refractivity contribution in [2.75, 3.05) is 40.0 Å². The lowest BCUT2D eigenvalue weighted by molar-refractivity contribution is 0.135. The van der Waals surface area contributed by atoms with E-state index in [-0.39, 0.29) is 5.82 Å². The van der Waals surface area contributed by atoms with Crippen molar-refractivity contribution in [2.24, 2.45) is 0 Å². The van der Waals surface area contributed by atoms with E-state index in [4.69, 9.17) is 9.47 Å². The van der Waals surface area contributed by atoms with Crippen molar-refractivity contribution >= 4 is 0 Å². The van der Waals surface area contributed by atoms with E-state index in [1.54, 1.807) is 14.0 Å². The summed E-state index contributed by atoms with van der Waals surface area (Å²) in [5.41, 5.74) is 1.80. The van der Waals surface area contributed by atoms with Crippen molar-refractivity contribution in [3.05, 3.63) is 35.1 Å². The van der Waals surface area contributed by atoms with Gasteiger partial charge in [-0.2, -0.15) is 0 Å². The van der Waals surface area contributed by atoms with Crippen molar-refractivity contribution in [3.63, 3.8) is 0 Å². The third kappa shape index (κ3) is 6.10. The summed E-state index contributed by atoms with van der Waals surface area (Å²) in [7, 11) is 1.68. The molecular formula is C14H22FNO2. The second-order valence-electron chi connectivity index (χ2n) is 4.19. The van der Waals surface area contributed by atoms with Crippen molar-refractivity contribution in [3.8, 4) is 0 Å². The van der Waals surface area contributed by atoms with E-state index in [0.717, 1.165) is 31.7 Å². The number of halogens is 1. The fraction of sp³-hybridized carbons (Fsp3) is 0.571. The molecule has 102 valence electrons. The van der Waals surface area contributed by atoms with Gasteiger partial charge in [-0.05, 0) is 30.5 Å². The molecule has 0 aliphatic heterocycles. The SMILES string of the molecule is COCCNCCOCCc1ccc(F)c(C)c1. The average molecular weight is 255 g/mol. The zero-order chi connectivity index (χ0) is 13.2. The van der Waals surface area contributed by atoms with E-state index in [1.807, 2.05) is 12.1 Å². The Labute approximate surface area is 108 Å². The zero-order valence-electron chi connectivity index (χ0n) is 11.2. The van der Waals surface area contributed by atoms with Gasteiger partial charge in [0.25, 0.3) is 0 Å². The highest BCUT2D eigenvalue weighted by Gasteiger charge is 1.99. The Morgan fingerprint density at radius 3 is 2.67 bits per heavy atom. The predicted octanol–water partition coefficient (Wildman–Crippen LogP) is 1.93. The van der Waals surface area contributed by atoms with Gasteiger partial charge in [-0.15, -0.1) is 0 Å². The number of hydrogen-bond acceptors (Lipinski definition) is 3. The molecule has 0 fully saturated rings. The first-order valence-corrected chi connectivity index (χ1v) is 6.26. The van der Waals surface area contributed by atoms with Crippen LogP contribution in [0.4, 0.5) is 4.39 Å². The van der Waals surface area contributed by atoms with Crippen LogP contribution in [-0.4, -0.2) is 40.0 Å². The molecule has 0 aliphatic carbocycles. The van der Waals surface area contributed by atoms with Crippen LogP contribution >= 0.6 is 0 Å². The Bertz CT molecular complexity index is 345.